The number of aliphatic hydroxyl groups excluding tert-OH is 8. The van der Waals surface area contributed by atoms with E-state index in [1.807, 2.05) is 6.92 Å². The van der Waals surface area contributed by atoms with Gasteiger partial charge in [0.25, 0.3) is 11.8 Å². The van der Waals surface area contributed by atoms with Crippen LogP contribution in [0, 0.1) is 35.2 Å². The second kappa shape index (κ2) is 30.8. The van der Waals surface area contributed by atoms with Crippen molar-refractivity contribution in [3.05, 3.63) is 65.9 Å². The monoisotopic (exact) mass is 1260 g/mol. The van der Waals surface area contributed by atoms with Crippen LogP contribution in [0.1, 0.15) is 96.6 Å². The van der Waals surface area contributed by atoms with Crippen LogP contribution in [0.25, 0.3) is 11.3 Å². The van der Waals surface area contributed by atoms with Crippen molar-refractivity contribution in [2.24, 2.45) is 17.8 Å². The lowest BCUT2D eigenvalue weighted by atomic mass is 9.75. The number of halogens is 3. The van der Waals surface area contributed by atoms with Crippen LogP contribution in [0.5, 0.6) is 0 Å². The minimum Gasteiger partial charge on any atom is -0.394 e. The molecule has 4 aliphatic heterocycles. The van der Waals surface area contributed by atoms with Crippen LogP contribution in [0.15, 0.2) is 42.9 Å². The van der Waals surface area contributed by atoms with Gasteiger partial charge in [-0.2, -0.15) is 0 Å². The Labute approximate surface area is 511 Å². The van der Waals surface area contributed by atoms with Gasteiger partial charge in [-0.15, -0.1) is 5.10 Å². The molecule has 2 aromatic heterocycles. The van der Waals surface area contributed by atoms with Gasteiger partial charge in [-0.25, -0.2) is 17.9 Å². The van der Waals surface area contributed by atoms with Crippen molar-refractivity contribution in [1.29, 1.82) is 0 Å². The summed E-state index contributed by atoms with van der Waals surface area (Å²) in [7, 11) is 0. The molecule has 0 radical (unpaired) electrons. The number of carbonyl (C=O) groups excluding carboxylic acids is 4. The van der Waals surface area contributed by atoms with E-state index in [4.69, 9.17) is 33.2 Å². The summed E-state index contributed by atoms with van der Waals surface area (Å²) in [6.07, 6.45) is -14.7. The number of aromatic nitrogens is 4. The summed E-state index contributed by atoms with van der Waals surface area (Å²) in [4.78, 5) is 61.8. The summed E-state index contributed by atoms with van der Waals surface area (Å²) in [5.74, 6) is -8.31. The first kappa shape index (κ1) is 68.0. The van der Waals surface area contributed by atoms with E-state index in [2.05, 4.69) is 31.2 Å². The van der Waals surface area contributed by atoms with E-state index in [-0.39, 0.29) is 55.6 Å². The van der Waals surface area contributed by atoms with Gasteiger partial charge in [0, 0.05) is 57.0 Å². The first-order chi connectivity index (χ1) is 42.7. The molecule has 89 heavy (non-hydrogen) atoms. The molecule has 4 amide bonds. The van der Waals surface area contributed by atoms with Crippen molar-refractivity contribution in [2.45, 2.75) is 208 Å². The molecular weight excluding hydrogens is 1180 g/mol. The lowest BCUT2D eigenvalue weighted by Gasteiger charge is -2.49. The Bertz CT molecular complexity index is 2810. The number of hydrogen-bond donors (Lipinski definition) is 11. The fourth-order valence-corrected chi connectivity index (χ4v) is 12.9. The molecule has 6 heterocycles. The molecule has 1 aromatic carbocycles. The van der Waals surface area contributed by atoms with E-state index in [1.54, 1.807) is 17.0 Å². The normalized spacial score (nSPS) is 34.2. The number of hydrogen-bond acceptors (Lipinski definition) is 22. The van der Waals surface area contributed by atoms with Gasteiger partial charge in [0.15, 0.2) is 36.1 Å². The number of benzene rings is 1. The Morgan fingerprint density at radius 2 is 1.47 bits per heavy atom. The highest BCUT2D eigenvalue weighted by Crippen LogP contribution is 2.41. The highest BCUT2D eigenvalue weighted by Gasteiger charge is 2.54. The van der Waals surface area contributed by atoms with Crippen LogP contribution in [0.2, 0.25) is 0 Å². The van der Waals surface area contributed by atoms with Gasteiger partial charge in [-0.1, -0.05) is 50.7 Å². The Kier molecular flexibility index (Phi) is 23.5. The molecule has 2 aliphatic carbocycles. The SMILES string of the molecule is CCC1CC(C(=O)NCCNC(=O)[C@@H](OCc2ccncc2)[C@@H]2OC(CO)[C@H](O)C(n3cc(-c4cc(F)c(F)c(F)c4)nn3)C2O)C[C@@H](O[C@@H]2OC(CO)[C@H](O)C(O[C@@H](CC3CCCCC3)C(=O)N3CCC3)C2NC(C)=O)C1OC1O[C@@H](C)C(O)C(O)[C@@H]1O. The van der Waals surface area contributed by atoms with Crippen LogP contribution in [0.3, 0.4) is 0 Å². The zero-order valence-corrected chi connectivity index (χ0v) is 49.7. The quantitative estimate of drug-likeness (QED) is 0.0385. The van der Waals surface area contributed by atoms with E-state index in [1.165, 1.54) is 26.2 Å². The lowest BCUT2D eigenvalue weighted by molar-refractivity contribution is -0.338. The summed E-state index contributed by atoms with van der Waals surface area (Å²) in [6.45, 7) is 3.30. The van der Waals surface area contributed by atoms with E-state index >= 15 is 0 Å². The zero-order chi connectivity index (χ0) is 63.8. The molecule has 2 saturated carbocycles. The second-order valence-corrected chi connectivity index (χ2v) is 24.0. The van der Waals surface area contributed by atoms with E-state index < -0.39 is 176 Å². The Balaban J connectivity index is 0.931. The van der Waals surface area contributed by atoms with Crippen LogP contribution in [0.4, 0.5) is 13.2 Å². The molecule has 12 unspecified atom stereocenters. The Morgan fingerprint density at radius 1 is 0.787 bits per heavy atom. The molecule has 0 spiro atoms. The summed E-state index contributed by atoms with van der Waals surface area (Å²) in [6, 6.07) is 1.69. The second-order valence-electron chi connectivity index (χ2n) is 24.0. The van der Waals surface area contributed by atoms with E-state index in [0.29, 0.717) is 43.6 Å². The Morgan fingerprint density at radius 3 is 2.12 bits per heavy atom. The van der Waals surface area contributed by atoms with E-state index in [9.17, 15) is 73.2 Å². The summed E-state index contributed by atoms with van der Waals surface area (Å²) >= 11 is 0. The number of rotatable bonds is 24. The maximum atomic E-state index is 14.5. The molecule has 494 valence electrons. The van der Waals surface area contributed by atoms with Gasteiger partial charge in [-0.05, 0) is 74.3 Å². The van der Waals surface area contributed by atoms with Crippen molar-refractivity contribution in [1.82, 2.24) is 40.8 Å². The molecule has 9 rings (SSSR count). The van der Waals surface area contributed by atoms with Gasteiger partial charge >= 0.3 is 0 Å². The molecule has 6 aliphatic rings. The fraction of sp³-hybridized carbons (Fsp3) is 0.712. The zero-order valence-electron chi connectivity index (χ0n) is 49.7. The number of amides is 4. The van der Waals surface area contributed by atoms with Crippen molar-refractivity contribution in [2.75, 3.05) is 39.4 Å². The van der Waals surface area contributed by atoms with Crippen molar-refractivity contribution in [3.63, 3.8) is 0 Å². The Hall–Kier alpha value is -5.42. The van der Waals surface area contributed by atoms with Crippen LogP contribution in [-0.4, -0.2) is 239 Å². The number of ether oxygens (including phenoxy) is 7. The third-order valence-corrected chi connectivity index (χ3v) is 18.0. The maximum Gasteiger partial charge on any atom is 0.252 e. The van der Waals surface area contributed by atoms with Crippen molar-refractivity contribution in [3.8, 4) is 11.3 Å². The molecule has 3 aromatic rings. The van der Waals surface area contributed by atoms with Gasteiger partial charge in [0.2, 0.25) is 11.8 Å². The van der Waals surface area contributed by atoms with E-state index in [0.717, 1.165) is 49.4 Å². The van der Waals surface area contributed by atoms with Crippen molar-refractivity contribution >= 4 is 23.6 Å². The summed E-state index contributed by atoms with van der Waals surface area (Å²) in [5.41, 5.74) is 0.118. The molecule has 4 saturated heterocycles. The van der Waals surface area contributed by atoms with Crippen LogP contribution < -0.4 is 16.0 Å². The molecule has 27 nitrogen and oxygen atoms in total. The van der Waals surface area contributed by atoms with Crippen LogP contribution in [-0.2, 0) is 58.9 Å². The standard InChI is InChI=1S/C59H83F3N8O19/c1-4-32-20-34(55(80)64-15-16-65-56(81)54(83-27-31-11-13-63-14-12-31)53-48(77)44(46(75)40(25-71)86-53)70-24-37(67-68-70)33-21-35(60)42(62)36(61)22-33)23-38(51(32)89-59-50(79)49(78)45(74)28(2)84-59)87-58-43(66-29(3)73)52(47(76)41(26-72)88-58)85-39(57(82)69-17-8-18-69)19-30-9-6-5-7-10-30/h11-14,21-22,24,28,30,32,34,38-41,43-54,58-59,71-72,74-79H,4-10,15-20,23,25-27H2,1-3H3,(H,64,80)(H,65,81)(H,66,73)/t28-,32?,34?,38+,39-,40?,41?,43?,44?,45?,46-,47-,48?,49?,50-,51?,52?,53+,54-,58+,59?/m0/s1. The maximum absolute atomic E-state index is 14.5. The average molecular weight is 1270 g/mol. The average Bonchev–Trinajstić information content (AvgIpc) is 1.94. The first-order valence-electron chi connectivity index (χ1n) is 30.6. The molecule has 11 N–H and O–H groups in total. The number of aliphatic hydroxyl groups is 8. The third kappa shape index (κ3) is 15.9. The molecule has 0 bridgehead atoms. The topological polar surface area (TPSA) is 378 Å². The minimum absolute atomic E-state index is 0.139. The predicted molar refractivity (Wildman–Crippen MR) is 300 cm³/mol. The molecule has 6 fully saturated rings. The highest BCUT2D eigenvalue weighted by atomic mass is 19.2. The largest absolute Gasteiger partial charge is 0.394 e. The molecular formula is C59H83F3N8O19. The smallest absolute Gasteiger partial charge is 0.252 e. The number of likely N-dealkylation sites (tertiary alicyclic amines) is 1. The third-order valence-electron chi connectivity index (χ3n) is 18.0. The minimum atomic E-state index is -1.86. The summed E-state index contributed by atoms with van der Waals surface area (Å²) in [5, 5.41) is 105. The first-order valence-corrected chi connectivity index (χ1v) is 30.6. The van der Waals surface area contributed by atoms with Crippen LogP contribution >= 0.6 is 0 Å². The predicted octanol–water partition coefficient (Wildman–Crippen LogP) is -0.829. The number of nitrogens with one attached hydrogen (secondary N) is 3. The molecule has 30 heteroatoms. The van der Waals surface area contributed by atoms with Crippen molar-refractivity contribution < 1.29 is 106 Å². The van der Waals surface area contributed by atoms with Gasteiger partial charge in [0.1, 0.15) is 84.9 Å². The summed E-state index contributed by atoms with van der Waals surface area (Å²) < 4.78 is 87.5. The molecule has 21 atom stereocenters. The van der Waals surface area contributed by atoms with Gasteiger partial charge in [0.05, 0.1) is 44.3 Å². The van der Waals surface area contributed by atoms with Gasteiger partial charge < -0.3 is 94.9 Å². The number of pyridine rings is 1. The fourth-order valence-electron chi connectivity index (χ4n) is 12.9. The number of nitrogens with zero attached hydrogens (tertiary/aromatic N) is 5. The lowest BCUT2D eigenvalue weighted by Crippen LogP contribution is -2.67. The highest BCUT2D eigenvalue weighted by molar-refractivity contribution is 5.82. The van der Waals surface area contributed by atoms with Gasteiger partial charge in [-0.3, -0.25) is 24.2 Å². The number of carbonyl (C=O) groups is 4.